The summed E-state index contributed by atoms with van der Waals surface area (Å²) >= 11 is 0. The van der Waals surface area contributed by atoms with Crippen LogP contribution in [0.5, 0.6) is 11.5 Å². The standard InChI is InChI=1S/C22H29N3O4/c1-5-11-25(12-6-2)22(27)17-9-10-23-18(14-17)21(26)24-15-16-7-8-19(28-3)20(13-16)29-4/h7-10,13-14H,5-6,11-12,15H2,1-4H3,(H,24,26). The Balaban J connectivity index is 2.08. The van der Waals surface area contributed by atoms with Gasteiger partial charge in [0.1, 0.15) is 5.69 Å². The van der Waals surface area contributed by atoms with Gasteiger partial charge in [0, 0.05) is 31.4 Å². The first kappa shape index (κ1) is 22.2. The average molecular weight is 399 g/mol. The normalized spacial score (nSPS) is 10.3. The van der Waals surface area contributed by atoms with E-state index in [2.05, 4.69) is 10.3 Å². The molecule has 1 N–H and O–H groups in total. The fourth-order valence-corrected chi connectivity index (χ4v) is 2.99. The second-order valence-electron chi connectivity index (χ2n) is 6.59. The minimum atomic E-state index is -0.341. The number of nitrogens with one attached hydrogen (secondary N) is 1. The fourth-order valence-electron chi connectivity index (χ4n) is 2.99. The van der Waals surface area contributed by atoms with Crippen LogP contribution in [0, 0.1) is 0 Å². The van der Waals surface area contributed by atoms with E-state index in [1.807, 2.05) is 19.9 Å². The van der Waals surface area contributed by atoms with E-state index in [-0.39, 0.29) is 17.5 Å². The van der Waals surface area contributed by atoms with Crippen LogP contribution in [-0.4, -0.2) is 49.0 Å². The highest BCUT2D eigenvalue weighted by Gasteiger charge is 2.17. The highest BCUT2D eigenvalue weighted by Crippen LogP contribution is 2.27. The lowest BCUT2D eigenvalue weighted by atomic mass is 10.1. The molecule has 156 valence electrons. The highest BCUT2D eigenvalue weighted by atomic mass is 16.5. The van der Waals surface area contributed by atoms with Crippen LogP contribution in [0.3, 0.4) is 0 Å². The lowest BCUT2D eigenvalue weighted by molar-refractivity contribution is 0.0755. The molecule has 1 heterocycles. The number of aromatic nitrogens is 1. The number of carbonyl (C=O) groups is 2. The molecule has 0 saturated carbocycles. The van der Waals surface area contributed by atoms with Crippen molar-refractivity contribution < 1.29 is 19.1 Å². The molecule has 7 heteroatoms. The number of pyridine rings is 1. The van der Waals surface area contributed by atoms with E-state index in [4.69, 9.17) is 9.47 Å². The molecule has 0 saturated heterocycles. The Morgan fingerprint density at radius 2 is 1.69 bits per heavy atom. The maximum absolute atomic E-state index is 12.8. The Hall–Kier alpha value is -3.09. The minimum absolute atomic E-state index is 0.0787. The van der Waals surface area contributed by atoms with Crippen molar-refractivity contribution in [2.75, 3.05) is 27.3 Å². The lowest BCUT2D eigenvalue weighted by Crippen LogP contribution is -2.33. The molecule has 0 atom stereocenters. The Morgan fingerprint density at radius 1 is 1.00 bits per heavy atom. The van der Waals surface area contributed by atoms with Crippen molar-refractivity contribution in [3.05, 3.63) is 53.3 Å². The molecule has 0 radical (unpaired) electrons. The van der Waals surface area contributed by atoms with E-state index in [0.29, 0.717) is 36.7 Å². The molecule has 7 nitrogen and oxygen atoms in total. The van der Waals surface area contributed by atoms with Gasteiger partial charge in [0.15, 0.2) is 11.5 Å². The number of rotatable bonds is 10. The number of ether oxygens (including phenoxy) is 2. The maximum atomic E-state index is 12.8. The largest absolute Gasteiger partial charge is 0.493 e. The second-order valence-corrected chi connectivity index (χ2v) is 6.59. The third-order valence-electron chi connectivity index (χ3n) is 4.41. The molecule has 2 rings (SSSR count). The van der Waals surface area contributed by atoms with E-state index in [1.54, 1.807) is 43.4 Å². The SMILES string of the molecule is CCCN(CCC)C(=O)c1ccnc(C(=O)NCc2ccc(OC)c(OC)c2)c1. The molecule has 29 heavy (non-hydrogen) atoms. The number of carbonyl (C=O) groups excluding carboxylic acids is 2. The predicted octanol–water partition coefficient (Wildman–Crippen LogP) is 3.29. The van der Waals surface area contributed by atoms with Gasteiger partial charge in [0.2, 0.25) is 0 Å². The van der Waals surface area contributed by atoms with E-state index in [9.17, 15) is 9.59 Å². The number of benzene rings is 1. The maximum Gasteiger partial charge on any atom is 0.270 e. The van der Waals surface area contributed by atoms with Gasteiger partial charge in [-0.3, -0.25) is 14.6 Å². The van der Waals surface area contributed by atoms with Crippen molar-refractivity contribution in [3.63, 3.8) is 0 Å². The van der Waals surface area contributed by atoms with Gasteiger partial charge >= 0.3 is 0 Å². The van der Waals surface area contributed by atoms with Gasteiger partial charge < -0.3 is 19.7 Å². The first-order valence-corrected chi connectivity index (χ1v) is 9.78. The van der Waals surface area contributed by atoms with Gasteiger partial charge in [-0.2, -0.15) is 0 Å². The summed E-state index contributed by atoms with van der Waals surface area (Å²) in [5.74, 6) is 0.799. The van der Waals surface area contributed by atoms with Gasteiger partial charge in [-0.1, -0.05) is 19.9 Å². The molecule has 2 amide bonds. The van der Waals surface area contributed by atoms with Crippen LogP contribution in [-0.2, 0) is 6.54 Å². The quantitative estimate of drug-likeness (QED) is 0.663. The molecular weight excluding hydrogens is 370 g/mol. The first-order valence-electron chi connectivity index (χ1n) is 9.78. The van der Waals surface area contributed by atoms with Gasteiger partial charge in [-0.15, -0.1) is 0 Å². The molecular formula is C22H29N3O4. The molecule has 0 unspecified atom stereocenters. The Labute approximate surface area is 172 Å². The van der Waals surface area contributed by atoms with Gasteiger partial charge in [0.05, 0.1) is 14.2 Å². The van der Waals surface area contributed by atoms with Crippen LogP contribution in [0.1, 0.15) is 53.1 Å². The summed E-state index contributed by atoms with van der Waals surface area (Å²) in [6.07, 6.45) is 3.26. The molecule has 0 bridgehead atoms. The third kappa shape index (κ3) is 5.94. The van der Waals surface area contributed by atoms with Crippen molar-refractivity contribution in [1.82, 2.24) is 15.2 Å². The molecule has 2 aromatic rings. The molecule has 0 spiro atoms. The summed E-state index contributed by atoms with van der Waals surface area (Å²) in [5.41, 5.74) is 1.54. The van der Waals surface area contributed by atoms with Gasteiger partial charge in [-0.05, 0) is 42.7 Å². The summed E-state index contributed by atoms with van der Waals surface area (Å²) in [7, 11) is 3.13. The van der Waals surface area contributed by atoms with Gasteiger partial charge in [0.25, 0.3) is 11.8 Å². The number of hydrogen-bond acceptors (Lipinski definition) is 5. The summed E-state index contributed by atoms with van der Waals surface area (Å²) in [4.78, 5) is 31.2. The highest BCUT2D eigenvalue weighted by molar-refractivity contribution is 5.98. The number of methoxy groups -OCH3 is 2. The van der Waals surface area contributed by atoms with Crippen LogP contribution in [0.15, 0.2) is 36.5 Å². The van der Waals surface area contributed by atoms with Crippen molar-refractivity contribution >= 4 is 11.8 Å². The van der Waals surface area contributed by atoms with Crippen LogP contribution in [0.4, 0.5) is 0 Å². The molecule has 1 aromatic heterocycles. The zero-order valence-corrected chi connectivity index (χ0v) is 17.5. The molecule has 1 aromatic carbocycles. The summed E-state index contributed by atoms with van der Waals surface area (Å²) < 4.78 is 10.5. The average Bonchev–Trinajstić information content (AvgIpc) is 2.76. The van der Waals surface area contributed by atoms with Crippen LogP contribution in [0.25, 0.3) is 0 Å². The number of amides is 2. The number of nitrogens with zero attached hydrogens (tertiary/aromatic N) is 2. The van der Waals surface area contributed by atoms with Gasteiger partial charge in [-0.25, -0.2) is 0 Å². The topological polar surface area (TPSA) is 80.8 Å². The van der Waals surface area contributed by atoms with Crippen LogP contribution in [0.2, 0.25) is 0 Å². The summed E-state index contributed by atoms with van der Waals surface area (Å²) in [6, 6.07) is 8.63. The number of hydrogen-bond donors (Lipinski definition) is 1. The Kier molecular flexibility index (Phi) is 8.45. The lowest BCUT2D eigenvalue weighted by Gasteiger charge is -2.21. The fraction of sp³-hybridized carbons (Fsp3) is 0.409. The zero-order valence-electron chi connectivity index (χ0n) is 17.5. The van der Waals surface area contributed by atoms with Crippen molar-refractivity contribution in [2.24, 2.45) is 0 Å². The van der Waals surface area contributed by atoms with Crippen LogP contribution < -0.4 is 14.8 Å². The van der Waals surface area contributed by atoms with Crippen molar-refractivity contribution in [3.8, 4) is 11.5 Å². The second kappa shape index (κ2) is 11.0. The zero-order chi connectivity index (χ0) is 21.2. The van der Waals surface area contributed by atoms with E-state index < -0.39 is 0 Å². The molecule has 0 aliphatic heterocycles. The molecule has 0 aliphatic rings. The van der Waals surface area contributed by atoms with E-state index in [0.717, 1.165) is 18.4 Å². The first-order chi connectivity index (χ1) is 14.0. The predicted molar refractivity (Wildman–Crippen MR) is 111 cm³/mol. The molecule has 0 aliphatic carbocycles. The minimum Gasteiger partial charge on any atom is -0.493 e. The van der Waals surface area contributed by atoms with Crippen LogP contribution >= 0.6 is 0 Å². The van der Waals surface area contributed by atoms with Crippen molar-refractivity contribution in [2.45, 2.75) is 33.2 Å². The smallest absolute Gasteiger partial charge is 0.270 e. The monoisotopic (exact) mass is 399 g/mol. The summed E-state index contributed by atoms with van der Waals surface area (Å²) in [6.45, 7) is 5.76. The summed E-state index contributed by atoms with van der Waals surface area (Å²) in [5, 5.41) is 2.83. The Morgan fingerprint density at radius 3 is 2.31 bits per heavy atom. The van der Waals surface area contributed by atoms with E-state index >= 15 is 0 Å². The van der Waals surface area contributed by atoms with Crippen molar-refractivity contribution in [1.29, 1.82) is 0 Å². The molecule has 0 fully saturated rings. The third-order valence-corrected chi connectivity index (χ3v) is 4.41. The Bertz CT molecular complexity index is 833. The van der Waals surface area contributed by atoms with E-state index in [1.165, 1.54) is 6.20 Å².